The van der Waals surface area contributed by atoms with Crippen LogP contribution in [0.4, 0.5) is 5.69 Å². The third-order valence-corrected chi connectivity index (χ3v) is 3.55. The lowest BCUT2D eigenvalue weighted by Crippen LogP contribution is -2.50. The first-order chi connectivity index (χ1) is 7.19. The normalized spacial score (nSPS) is 18.7. The summed E-state index contributed by atoms with van der Waals surface area (Å²) in [6.45, 7) is 6.26. The van der Waals surface area contributed by atoms with Gasteiger partial charge in [0.2, 0.25) is 0 Å². The highest BCUT2D eigenvalue weighted by molar-refractivity contribution is 5.48. The van der Waals surface area contributed by atoms with Gasteiger partial charge in [-0.15, -0.1) is 0 Å². The standard InChI is InChI=1S/C13H19NO/c1-10(2)13(8-15-9-13)11-5-4-6-12(7-11)14-3/h4-7,10,14H,8-9H2,1-3H3. The molecule has 0 aromatic heterocycles. The Hall–Kier alpha value is -1.02. The van der Waals surface area contributed by atoms with E-state index in [0.717, 1.165) is 13.2 Å². The smallest absolute Gasteiger partial charge is 0.0588 e. The Morgan fingerprint density at radius 1 is 1.33 bits per heavy atom. The van der Waals surface area contributed by atoms with Gasteiger partial charge in [-0.05, 0) is 23.6 Å². The fourth-order valence-corrected chi connectivity index (χ4v) is 2.14. The highest BCUT2D eigenvalue weighted by Crippen LogP contribution is 2.39. The van der Waals surface area contributed by atoms with E-state index in [1.165, 1.54) is 11.3 Å². The van der Waals surface area contributed by atoms with Crippen molar-refractivity contribution in [3.63, 3.8) is 0 Å². The number of hydrogen-bond acceptors (Lipinski definition) is 2. The molecule has 1 aromatic carbocycles. The number of ether oxygens (including phenoxy) is 1. The molecule has 1 fully saturated rings. The first-order valence-electron chi connectivity index (χ1n) is 5.55. The number of hydrogen-bond donors (Lipinski definition) is 1. The molecule has 15 heavy (non-hydrogen) atoms. The van der Waals surface area contributed by atoms with Crippen molar-refractivity contribution >= 4 is 5.69 Å². The second kappa shape index (κ2) is 3.86. The summed E-state index contributed by atoms with van der Waals surface area (Å²) >= 11 is 0. The highest BCUT2D eigenvalue weighted by atomic mass is 16.5. The van der Waals surface area contributed by atoms with Crippen LogP contribution in [-0.2, 0) is 10.2 Å². The Morgan fingerprint density at radius 2 is 2.07 bits per heavy atom. The lowest BCUT2D eigenvalue weighted by Gasteiger charge is -2.45. The molecule has 1 aliphatic heterocycles. The summed E-state index contributed by atoms with van der Waals surface area (Å²) in [7, 11) is 1.96. The molecule has 0 aliphatic carbocycles. The molecule has 82 valence electrons. The largest absolute Gasteiger partial charge is 0.388 e. The van der Waals surface area contributed by atoms with E-state index in [-0.39, 0.29) is 5.41 Å². The number of anilines is 1. The molecule has 2 rings (SSSR count). The van der Waals surface area contributed by atoms with E-state index in [2.05, 4.69) is 43.4 Å². The Balaban J connectivity index is 2.34. The zero-order valence-corrected chi connectivity index (χ0v) is 9.71. The highest BCUT2D eigenvalue weighted by Gasteiger charge is 2.43. The molecule has 1 aliphatic rings. The minimum absolute atomic E-state index is 0.243. The molecule has 2 nitrogen and oxygen atoms in total. The zero-order chi connectivity index (χ0) is 10.9. The maximum Gasteiger partial charge on any atom is 0.0588 e. The molecular formula is C13H19NO. The predicted molar refractivity (Wildman–Crippen MR) is 63.3 cm³/mol. The lowest BCUT2D eigenvalue weighted by atomic mass is 9.70. The molecule has 1 saturated heterocycles. The Bertz CT molecular complexity index is 342. The summed E-state index contributed by atoms with van der Waals surface area (Å²) in [5, 5.41) is 3.19. The van der Waals surface area contributed by atoms with Gasteiger partial charge in [0.1, 0.15) is 0 Å². The summed E-state index contributed by atoms with van der Waals surface area (Å²) in [5.41, 5.74) is 2.82. The molecular weight excluding hydrogens is 186 g/mol. The average Bonchev–Trinajstić information content (AvgIpc) is 2.16. The van der Waals surface area contributed by atoms with E-state index < -0.39 is 0 Å². The van der Waals surface area contributed by atoms with Crippen molar-refractivity contribution in [3.05, 3.63) is 29.8 Å². The van der Waals surface area contributed by atoms with Crippen LogP contribution in [0.1, 0.15) is 19.4 Å². The number of nitrogens with one attached hydrogen (secondary N) is 1. The van der Waals surface area contributed by atoms with Crippen molar-refractivity contribution in [1.29, 1.82) is 0 Å². The van der Waals surface area contributed by atoms with Gasteiger partial charge in [-0.2, -0.15) is 0 Å². The van der Waals surface area contributed by atoms with Crippen molar-refractivity contribution in [2.75, 3.05) is 25.6 Å². The van der Waals surface area contributed by atoms with Gasteiger partial charge in [0, 0.05) is 18.2 Å². The van der Waals surface area contributed by atoms with Crippen LogP contribution in [0.15, 0.2) is 24.3 Å². The molecule has 2 heteroatoms. The topological polar surface area (TPSA) is 21.3 Å². The molecule has 0 radical (unpaired) electrons. The second-order valence-electron chi connectivity index (χ2n) is 4.63. The Labute approximate surface area is 91.6 Å². The summed E-state index contributed by atoms with van der Waals surface area (Å²) in [5.74, 6) is 0.623. The van der Waals surface area contributed by atoms with E-state index in [4.69, 9.17) is 4.74 Å². The summed E-state index contributed by atoms with van der Waals surface area (Å²) in [6.07, 6.45) is 0. The maximum atomic E-state index is 5.41. The van der Waals surface area contributed by atoms with Gasteiger partial charge in [0.05, 0.1) is 13.2 Å². The van der Waals surface area contributed by atoms with Gasteiger partial charge < -0.3 is 10.1 Å². The van der Waals surface area contributed by atoms with Crippen LogP contribution >= 0.6 is 0 Å². The van der Waals surface area contributed by atoms with Crippen LogP contribution in [0, 0.1) is 5.92 Å². The molecule has 1 N–H and O–H groups in total. The quantitative estimate of drug-likeness (QED) is 0.819. The van der Waals surface area contributed by atoms with Crippen LogP contribution in [0.3, 0.4) is 0 Å². The predicted octanol–water partition coefficient (Wildman–Crippen LogP) is 2.65. The van der Waals surface area contributed by atoms with Gasteiger partial charge in [-0.25, -0.2) is 0 Å². The van der Waals surface area contributed by atoms with Gasteiger partial charge in [-0.1, -0.05) is 26.0 Å². The van der Waals surface area contributed by atoms with Gasteiger partial charge >= 0.3 is 0 Å². The number of rotatable bonds is 3. The van der Waals surface area contributed by atoms with Gasteiger partial charge in [0.15, 0.2) is 0 Å². The van der Waals surface area contributed by atoms with E-state index in [1.807, 2.05) is 7.05 Å². The molecule has 0 unspecified atom stereocenters. The van der Waals surface area contributed by atoms with Gasteiger partial charge in [-0.3, -0.25) is 0 Å². The molecule has 0 saturated carbocycles. The summed E-state index contributed by atoms with van der Waals surface area (Å²) in [4.78, 5) is 0. The Kier molecular flexibility index (Phi) is 2.70. The Morgan fingerprint density at radius 3 is 2.53 bits per heavy atom. The minimum Gasteiger partial charge on any atom is -0.388 e. The first kappa shape index (κ1) is 10.5. The van der Waals surface area contributed by atoms with Crippen LogP contribution in [0.25, 0.3) is 0 Å². The van der Waals surface area contributed by atoms with Crippen molar-refractivity contribution < 1.29 is 4.74 Å². The second-order valence-corrected chi connectivity index (χ2v) is 4.63. The zero-order valence-electron chi connectivity index (χ0n) is 9.71. The SMILES string of the molecule is CNc1cccc(C2(C(C)C)COC2)c1. The van der Waals surface area contributed by atoms with Crippen molar-refractivity contribution in [2.45, 2.75) is 19.3 Å². The van der Waals surface area contributed by atoms with E-state index in [1.54, 1.807) is 0 Å². The van der Waals surface area contributed by atoms with E-state index in [0.29, 0.717) is 5.92 Å². The fourth-order valence-electron chi connectivity index (χ4n) is 2.14. The summed E-state index contributed by atoms with van der Waals surface area (Å²) < 4.78 is 5.41. The monoisotopic (exact) mass is 205 g/mol. The molecule has 0 bridgehead atoms. The molecule has 1 heterocycles. The third-order valence-electron chi connectivity index (χ3n) is 3.55. The minimum atomic E-state index is 0.243. The molecule has 0 spiro atoms. The fraction of sp³-hybridized carbons (Fsp3) is 0.538. The van der Waals surface area contributed by atoms with E-state index >= 15 is 0 Å². The van der Waals surface area contributed by atoms with Crippen molar-refractivity contribution in [3.8, 4) is 0 Å². The van der Waals surface area contributed by atoms with Crippen molar-refractivity contribution in [2.24, 2.45) is 5.92 Å². The van der Waals surface area contributed by atoms with Crippen LogP contribution in [0.5, 0.6) is 0 Å². The average molecular weight is 205 g/mol. The number of benzene rings is 1. The molecule has 0 amide bonds. The van der Waals surface area contributed by atoms with Crippen LogP contribution < -0.4 is 5.32 Å². The van der Waals surface area contributed by atoms with Crippen LogP contribution in [-0.4, -0.2) is 20.3 Å². The first-order valence-corrected chi connectivity index (χ1v) is 5.55. The summed E-state index contributed by atoms with van der Waals surface area (Å²) in [6, 6.07) is 8.66. The molecule has 1 aromatic rings. The molecule has 0 atom stereocenters. The van der Waals surface area contributed by atoms with Gasteiger partial charge in [0.25, 0.3) is 0 Å². The van der Waals surface area contributed by atoms with Crippen LogP contribution in [0.2, 0.25) is 0 Å². The van der Waals surface area contributed by atoms with E-state index in [9.17, 15) is 0 Å². The van der Waals surface area contributed by atoms with Crippen molar-refractivity contribution in [1.82, 2.24) is 0 Å². The maximum absolute atomic E-state index is 5.41. The third kappa shape index (κ3) is 1.63. The lowest BCUT2D eigenvalue weighted by molar-refractivity contribution is -0.0836.